The highest BCUT2D eigenvalue weighted by atomic mass is 32.2. The zero-order valence-corrected chi connectivity index (χ0v) is 11.4. The summed E-state index contributed by atoms with van der Waals surface area (Å²) in [5.74, 6) is -0.0547. The Morgan fingerprint density at radius 3 is 2.32 bits per heavy atom. The summed E-state index contributed by atoms with van der Waals surface area (Å²) in [6.07, 6.45) is 1.12. The van der Waals surface area contributed by atoms with Gasteiger partial charge in [0.25, 0.3) is 0 Å². The Bertz CT molecular complexity index is 708. The third-order valence-corrected chi connectivity index (χ3v) is 3.88. The summed E-state index contributed by atoms with van der Waals surface area (Å²) in [5.41, 5.74) is 0.896. The summed E-state index contributed by atoms with van der Waals surface area (Å²) < 4.78 is 41.9. The Morgan fingerprint density at radius 2 is 1.74 bits per heavy atom. The van der Waals surface area contributed by atoms with Crippen LogP contribution in [-0.2, 0) is 9.84 Å². The van der Waals surface area contributed by atoms with Crippen molar-refractivity contribution in [1.29, 1.82) is 0 Å². The lowest BCUT2D eigenvalue weighted by atomic mass is 10.0. The first-order valence-electron chi connectivity index (χ1n) is 5.56. The van der Waals surface area contributed by atoms with E-state index in [4.69, 9.17) is 4.74 Å². The lowest BCUT2D eigenvalue weighted by Gasteiger charge is -2.11. The van der Waals surface area contributed by atoms with Crippen molar-refractivity contribution in [2.24, 2.45) is 0 Å². The Balaban J connectivity index is 2.64. The highest BCUT2D eigenvalue weighted by Crippen LogP contribution is 2.33. The molecule has 19 heavy (non-hydrogen) atoms. The molecule has 2 rings (SSSR count). The molecule has 0 heterocycles. The van der Waals surface area contributed by atoms with Gasteiger partial charge in [0.15, 0.2) is 9.84 Å². The van der Waals surface area contributed by atoms with Crippen LogP contribution in [0.2, 0.25) is 0 Å². The molecule has 2 aromatic rings. The van der Waals surface area contributed by atoms with E-state index in [1.54, 1.807) is 24.3 Å². The summed E-state index contributed by atoms with van der Waals surface area (Å²) in [4.78, 5) is 0.143. The van der Waals surface area contributed by atoms with Crippen LogP contribution < -0.4 is 4.74 Å². The summed E-state index contributed by atoms with van der Waals surface area (Å²) >= 11 is 0. The molecule has 5 heteroatoms. The maximum atomic E-state index is 13.8. The summed E-state index contributed by atoms with van der Waals surface area (Å²) in [6.45, 7) is 0. The molecule has 0 radical (unpaired) electrons. The lowest BCUT2D eigenvalue weighted by molar-refractivity contribution is 0.415. The molecule has 0 atom stereocenters. The van der Waals surface area contributed by atoms with Gasteiger partial charge in [-0.15, -0.1) is 0 Å². The molecule has 0 fully saturated rings. The zero-order valence-electron chi connectivity index (χ0n) is 10.6. The monoisotopic (exact) mass is 280 g/mol. The molecule has 100 valence electrons. The van der Waals surface area contributed by atoms with E-state index in [2.05, 4.69) is 0 Å². The number of benzene rings is 2. The van der Waals surface area contributed by atoms with Crippen molar-refractivity contribution < 1.29 is 17.5 Å². The van der Waals surface area contributed by atoms with Crippen LogP contribution in [0.4, 0.5) is 4.39 Å². The van der Waals surface area contributed by atoms with Crippen LogP contribution in [-0.4, -0.2) is 21.8 Å². The van der Waals surface area contributed by atoms with Crippen LogP contribution in [0.3, 0.4) is 0 Å². The molecule has 0 unspecified atom stereocenters. The van der Waals surface area contributed by atoms with Gasteiger partial charge in [-0.1, -0.05) is 18.2 Å². The topological polar surface area (TPSA) is 43.4 Å². The summed E-state index contributed by atoms with van der Waals surface area (Å²) in [6, 6.07) is 10.7. The summed E-state index contributed by atoms with van der Waals surface area (Å²) in [5, 5.41) is 0. The van der Waals surface area contributed by atoms with Crippen molar-refractivity contribution >= 4 is 9.84 Å². The highest BCUT2D eigenvalue weighted by Gasteiger charge is 2.14. The van der Waals surface area contributed by atoms with E-state index in [-0.39, 0.29) is 10.7 Å². The van der Waals surface area contributed by atoms with Crippen molar-refractivity contribution in [3.05, 3.63) is 48.3 Å². The minimum absolute atomic E-state index is 0.143. The van der Waals surface area contributed by atoms with E-state index in [1.165, 1.54) is 25.3 Å². The minimum Gasteiger partial charge on any atom is -0.496 e. The smallest absolute Gasteiger partial charge is 0.175 e. The fraction of sp³-hybridized carbons (Fsp3) is 0.143. The second-order valence-corrected chi connectivity index (χ2v) is 6.13. The third kappa shape index (κ3) is 2.76. The van der Waals surface area contributed by atoms with Gasteiger partial charge in [0.1, 0.15) is 11.6 Å². The van der Waals surface area contributed by atoms with Gasteiger partial charge >= 0.3 is 0 Å². The van der Waals surface area contributed by atoms with Gasteiger partial charge in [-0.05, 0) is 24.3 Å². The largest absolute Gasteiger partial charge is 0.496 e. The molecular weight excluding hydrogens is 267 g/mol. The minimum atomic E-state index is -3.32. The van der Waals surface area contributed by atoms with Crippen molar-refractivity contribution in [3.8, 4) is 16.9 Å². The van der Waals surface area contributed by atoms with Crippen molar-refractivity contribution in [1.82, 2.24) is 0 Å². The Labute approximate surface area is 111 Å². The van der Waals surface area contributed by atoms with E-state index in [0.717, 1.165) is 6.26 Å². The van der Waals surface area contributed by atoms with E-state index < -0.39 is 9.84 Å². The van der Waals surface area contributed by atoms with Gasteiger partial charge in [0.2, 0.25) is 0 Å². The average Bonchev–Trinajstić information content (AvgIpc) is 2.37. The molecule has 0 aliphatic heterocycles. The fourth-order valence-electron chi connectivity index (χ4n) is 1.80. The molecule has 3 nitrogen and oxygen atoms in total. The van der Waals surface area contributed by atoms with E-state index >= 15 is 0 Å². The molecule has 0 aliphatic rings. The lowest BCUT2D eigenvalue weighted by Crippen LogP contribution is -1.99. The number of halogens is 1. The molecule has 0 saturated heterocycles. The van der Waals surface area contributed by atoms with Crippen molar-refractivity contribution in [2.45, 2.75) is 4.90 Å². The molecule has 0 aromatic heterocycles. The zero-order chi connectivity index (χ0) is 14.0. The first kappa shape index (κ1) is 13.5. The van der Waals surface area contributed by atoms with E-state index in [0.29, 0.717) is 16.9 Å². The summed E-state index contributed by atoms with van der Waals surface area (Å²) in [7, 11) is -1.90. The maximum Gasteiger partial charge on any atom is 0.175 e. The molecule has 0 N–H and O–H groups in total. The third-order valence-electron chi connectivity index (χ3n) is 2.77. The van der Waals surface area contributed by atoms with Gasteiger partial charge in [0, 0.05) is 17.4 Å². The van der Waals surface area contributed by atoms with Crippen LogP contribution in [0.1, 0.15) is 0 Å². The fourth-order valence-corrected chi connectivity index (χ4v) is 2.44. The number of ether oxygens (including phenoxy) is 1. The van der Waals surface area contributed by atoms with Gasteiger partial charge in [-0.25, -0.2) is 12.8 Å². The number of sulfone groups is 1. The number of hydrogen-bond donors (Lipinski definition) is 0. The van der Waals surface area contributed by atoms with Crippen molar-refractivity contribution in [2.75, 3.05) is 13.4 Å². The Hall–Kier alpha value is -1.88. The highest BCUT2D eigenvalue weighted by molar-refractivity contribution is 7.90. The second-order valence-electron chi connectivity index (χ2n) is 4.11. The first-order chi connectivity index (χ1) is 8.93. The van der Waals surface area contributed by atoms with E-state index in [1.807, 2.05) is 0 Å². The number of hydrogen-bond acceptors (Lipinski definition) is 3. The first-order valence-corrected chi connectivity index (χ1v) is 7.45. The molecule has 0 bridgehead atoms. The second kappa shape index (κ2) is 5.01. The molecule has 0 aliphatic carbocycles. The van der Waals surface area contributed by atoms with Crippen LogP contribution in [0.25, 0.3) is 11.1 Å². The van der Waals surface area contributed by atoms with Crippen LogP contribution >= 0.6 is 0 Å². The Kier molecular flexibility index (Phi) is 3.57. The molecule has 0 saturated carbocycles. The number of rotatable bonds is 3. The predicted octanol–water partition coefficient (Wildman–Crippen LogP) is 2.90. The van der Waals surface area contributed by atoms with Crippen molar-refractivity contribution in [3.63, 3.8) is 0 Å². The van der Waals surface area contributed by atoms with Gasteiger partial charge in [-0.3, -0.25) is 0 Å². The average molecular weight is 280 g/mol. The van der Waals surface area contributed by atoms with Gasteiger partial charge < -0.3 is 4.74 Å². The molecule has 2 aromatic carbocycles. The molecule has 0 amide bonds. The normalized spacial score (nSPS) is 11.3. The predicted molar refractivity (Wildman–Crippen MR) is 71.5 cm³/mol. The molecular formula is C14H13FO3S. The van der Waals surface area contributed by atoms with Gasteiger partial charge in [0.05, 0.1) is 12.0 Å². The van der Waals surface area contributed by atoms with Crippen LogP contribution in [0.5, 0.6) is 5.75 Å². The van der Waals surface area contributed by atoms with Gasteiger partial charge in [-0.2, -0.15) is 0 Å². The Morgan fingerprint density at radius 1 is 1.05 bits per heavy atom. The van der Waals surface area contributed by atoms with Crippen LogP contribution in [0, 0.1) is 5.82 Å². The van der Waals surface area contributed by atoms with E-state index in [9.17, 15) is 12.8 Å². The standard InChI is InChI=1S/C14H13FO3S/c1-18-14-9-10(19(2,16)17)7-8-12(14)11-5-3-4-6-13(11)15/h3-9H,1-2H3. The SMILES string of the molecule is COc1cc(S(C)(=O)=O)ccc1-c1ccccc1F. The van der Waals surface area contributed by atoms with Crippen LogP contribution in [0.15, 0.2) is 47.4 Å². The quantitative estimate of drug-likeness (QED) is 0.868. The number of methoxy groups -OCH3 is 1. The molecule has 0 spiro atoms. The maximum absolute atomic E-state index is 13.8.